The number of carboxylic acid groups (broad SMARTS) is 1. The number of hydrogen-bond acceptors (Lipinski definition) is 3. The standard InChI is InChI=1S/C5H10N2O2/c1-6-3-4(7-2)5(8)9/h3,6-7H,1-2H3,(H,8,9)/b4-3-. The summed E-state index contributed by atoms with van der Waals surface area (Å²) in [6.45, 7) is 0. The van der Waals surface area contributed by atoms with Gasteiger partial charge in [-0.1, -0.05) is 0 Å². The summed E-state index contributed by atoms with van der Waals surface area (Å²) in [6.07, 6.45) is 1.38. The third-order valence-corrected chi connectivity index (χ3v) is 0.788. The van der Waals surface area contributed by atoms with Crippen LogP contribution in [0.5, 0.6) is 0 Å². The van der Waals surface area contributed by atoms with E-state index in [0.717, 1.165) is 0 Å². The summed E-state index contributed by atoms with van der Waals surface area (Å²) in [5.41, 5.74) is 0.150. The molecule has 4 nitrogen and oxygen atoms in total. The molecule has 0 radical (unpaired) electrons. The van der Waals surface area contributed by atoms with Crippen LogP contribution in [-0.4, -0.2) is 25.2 Å². The Morgan fingerprint density at radius 2 is 2.11 bits per heavy atom. The minimum absolute atomic E-state index is 0.150. The summed E-state index contributed by atoms with van der Waals surface area (Å²) in [5, 5.41) is 13.4. The van der Waals surface area contributed by atoms with Crippen LogP contribution < -0.4 is 10.6 Å². The molecule has 0 aliphatic rings. The van der Waals surface area contributed by atoms with Gasteiger partial charge in [0.15, 0.2) is 0 Å². The predicted octanol–water partition coefficient (Wildman–Crippen LogP) is -0.649. The first-order valence-corrected chi connectivity index (χ1v) is 2.51. The van der Waals surface area contributed by atoms with Crippen molar-refractivity contribution in [3.8, 4) is 0 Å². The zero-order valence-corrected chi connectivity index (χ0v) is 5.43. The van der Waals surface area contributed by atoms with E-state index >= 15 is 0 Å². The van der Waals surface area contributed by atoms with Gasteiger partial charge >= 0.3 is 5.97 Å². The van der Waals surface area contributed by atoms with Gasteiger partial charge in [-0.05, 0) is 0 Å². The molecule has 0 aromatic heterocycles. The molecule has 0 aliphatic carbocycles. The van der Waals surface area contributed by atoms with Crippen LogP contribution in [0.1, 0.15) is 0 Å². The summed E-state index contributed by atoms with van der Waals surface area (Å²) in [6, 6.07) is 0. The molecule has 0 amide bonds. The van der Waals surface area contributed by atoms with Gasteiger partial charge in [-0.2, -0.15) is 0 Å². The number of aliphatic carboxylic acids is 1. The number of rotatable bonds is 3. The molecule has 3 N–H and O–H groups in total. The molecular weight excluding hydrogens is 120 g/mol. The normalized spacial score (nSPS) is 10.7. The van der Waals surface area contributed by atoms with Crippen molar-refractivity contribution < 1.29 is 9.90 Å². The van der Waals surface area contributed by atoms with Crippen molar-refractivity contribution in [1.82, 2.24) is 10.6 Å². The third kappa shape index (κ3) is 2.58. The zero-order valence-electron chi connectivity index (χ0n) is 5.43. The summed E-state index contributed by atoms with van der Waals surface area (Å²) < 4.78 is 0. The summed E-state index contributed by atoms with van der Waals surface area (Å²) in [7, 11) is 3.19. The lowest BCUT2D eigenvalue weighted by Crippen LogP contribution is -2.17. The van der Waals surface area contributed by atoms with E-state index in [9.17, 15) is 4.79 Å². The molecule has 0 rings (SSSR count). The number of hydrogen-bond donors (Lipinski definition) is 3. The Bertz CT molecular complexity index is 131. The lowest BCUT2D eigenvalue weighted by atomic mass is 10.5. The molecule has 4 heteroatoms. The Morgan fingerprint density at radius 1 is 1.56 bits per heavy atom. The van der Waals surface area contributed by atoms with Crippen LogP contribution in [0.15, 0.2) is 11.9 Å². The fraction of sp³-hybridized carbons (Fsp3) is 0.400. The number of nitrogens with one attached hydrogen (secondary N) is 2. The maximum Gasteiger partial charge on any atom is 0.353 e. The molecule has 0 saturated carbocycles. The lowest BCUT2D eigenvalue weighted by molar-refractivity contribution is -0.133. The molecule has 0 fully saturated rings. The summed E-state index contributed by atoms with van der Waals surface area (Å²) >= 11 is 0. The Hall–Kier alpha value is -1.19. The second-order valence-electron chi connectivity index (χ2n) is 1.40. The molecule has 0 saturated heterocycles. The van der Waals surface area contributed by atoms with Crippen LogP contribution in [0.25, 0.3) is 0 Å². The highest BCUT2D eigenvalue weighted by molar-refractivity contribution is 5.85. The fourth-order valence-electron chi connectivity index (χ4n) is 0.385. The minimum Gasteiger partial charge on any atom is -0.477 e. The Morgan fingerprint density at radius 3 is 2.22 bits per heavy atom. The maximum atomic E-state index is 10.1. The summed E-state index contributed by atoms with van der Waals surface area (Å²) in [4.78, 5) is 10.1. The van der Waals surface area contributed by atoms with Gasteiger partial charge in [0.1, 0.15) is 5.70 Å². The largest absolute Gasteiger partial charge is 0.477 e. The van der Waals surface area contributed by atoms with Crippen LogP contribution in [0, 0.1) is 0 Å². The second kappa shape index (κ2) is 3.77. The quantitative estimate of drug-likeness (QED) is 0.444. The highest BCUT2D eigenvalue weighted by Gasteiger charge is 2.00. The molecule has 9 heavy (non-hydrogen) atoms. The van der Waals surface area contributed by atoms with E-state index in [-0.39, 0.29) is 5.70 Å². The molecule has 0 aromatic carbocycles. The first-order chi connectivity index (χ1) is 4.22. The van der Waals surface area contributed by atoms with Crippen molar-refractivity contribution in [1.29, 1.82) is 0 Å². The predicted molar refractivity (Wildman–Crippen MR) is 33.8 cm³/mol. The Labute approximate surface area is 53.6 Å². The van der Waals surface area contributed by atoms with E-state index in [1.54, 1.807) is 14.1 Å². The molecule has 52 valence electrons. The smallest absolute Gasteiger partial charge is 0.353 e. The zero-order chi connectivity index (χ0) is 7.28. The molecule has 0 unspecified atom stereocenters. The molecule has 0 spiro atoms. The van der Waals surface area contributed by atoms with Gasteiger partial charge < -0.3 is 15.7 Å². The van der Waals surface area contributed by atoms with Gasteiger partial charge in [0.05, 0.1) is 0 Å². The van der Waals surface area contributed by atoms with E-state index in [0.29, 0.717) is 0 Å². The lowest BCUT2D eigenvalue weighted by Gasteiger charge is -1.97. The van der Waals surface area contributed by atoms with Crippen LogP contribution in [0.4, 0.5) is 0 Å². The van der Waals surface area contributed by atoms with Crippen molar-refractivity contribution in [3.63, 3.8) is 0 Å². The van der Waals surface area contributed by atoms with Crippen molar-refractivity contribution in [2.45, 2.75) is 0 Å². The van der Waals surface area contributed by atoms with Gasteiger partial charge in [-0.25, -0.2) is 4.79 Å². The molecule has 0 heterocycles. The van der Waals surface area contributed by atoms with Gasteiger partial charge in [0, 0.05) is 20.3 Å². The van der Waals surface area contributed by atoms with Gasteiger partial charge in [0.2, 0.25) is 0 Å². The SMILES string of the molecule is CN/C=C(\NC)C(=O)O. The minimum atomic E-state index is -0.966. The van der Waals surface area contributed by atoms with E-state index in [1.807, 2.05) is 0 Å². The van der Waals surface area contributed by atoms with Crippen molar-refractivity contribution in [2.24, 2.45) is 0 Å². The maximum absolute atomic E-state index is 10.1. The van der Waals surface area contributed by atoms with Crippen molar-refractivity contribution in [2.75, 3.05) is 14.1 Å². The monoisotopic (exact) mass is 130 g/mol. The van der Waals surface area contributed by atoms with E-state index < -0.39 is 5.97 Å². The molecular formula is C5H10N2O2. The number of carbonyl (C=O) groups is 1. The van der Waals surface area contributed by atoms with Crippen LogP contribution >= 0.6 is 0 Å². The van der Waals surface area contributed by atoms with Gasteiger partial charge in [-0.15, -0.1) is 0 Å². The van der Waals surface area contributed by atoms with Gasteiger partial charge in [-0.3, -0.25) is 0 Å². The highest BCUT2D eigenvalue weighted by atomic mass is 16.4. The van der Waals surface area contributed by atoms with Crippen LogP contribution in [0.3, 0.4) is 0 Å². The average Bonchev–Trinajstić information content (AvgIpc) is 1.82. The van der Waals surface area contributed by atoms with E-state index in [1.165, 1.54) is 6.20 Å². The molecule has 0 atom stereocenters. The first-order valence-electron chi connectivity index (χ1n) is 2.51. The van der Waals surface area contributed by atoms with E-state index in [2.05, 4.69) is 10.6 Å². The van der Waals surface area contributed by atoms with Crippen LogP contribution in [-0.2, 0) is 4.79 Å². The Balaban J connectivity index is 3.98. The van der Waals surface area contributed by atoms with Gasteiger partial charge in [0.25, 0.3) is 0 Å². The van der Waals surface area contributed by atoms with Crippen molar-refractivity contribution >= 4 is 5.97 Å². The number of carboxylic acids is 1. The average molecular weight is 130 g/mol. The third-order valence-electron chi connectivity index (χ3n) is 0.788. The first kappa shape index (κ1) is 7.81. The topological polar surface area (TPSA) is 61.4 Å². The molecule has 0 aliphatic heterocycles. The summed E-state index contributed by atoms with van der Waals surface area (Å²) in [5.74, 6) is -0.966. The molecule has 0 aromatic rings. The van der Waals surface area contributed by atoms with Crippen LogP contribution in [0.2, 0.25) is 0 Å². The molecule has 0 bridgehead atoms. The fourth-order valence-corrected chi connectivity index (χ4v) is 0.385. The number of likely N-dealkylation sites (N-methyl/N-ethyl adjacent to an activating group) is 1. The van der Waals surface area contributed by atoms with Crippen molar-refractivity contribution in [3.05, 3.63) is 11.9 Å². The second-order valence-corrected chi connectivity index (χ2v) is 1.40. The highest BCUT2D eigenvalue weighted by Crippen LogP contribution is 1.82. The van der Waals surface area contributed by atoms with E-state index in [4.69, 9.17) is 5.11 Å². The Kier molecular flexibility index (Phi) is 3.27.